The van der Waals surface area contributed by atoms with Gasteiger partial charge in [0, 0.05) is 12.0 Å². The molecule has 23 heavy (non-hydrogen) atoms. The number of nitrogens with one attached hydrogen (secondary N) is 2. The minimum atomic E-state index is -0.672. The summed E-state index contributed by atoms with van der Waals surface area (Å²) in [5, 5.41) is 5.36. The normalized spacial score (nSPS) is 11.6. The van der Waals surface area contributed by atoms with E-state index in [0.717, 1.165) is 12.0 Å². The van der Waals surface area contributed by atoms with Gasteiger partial charge in [-0.1, -0.05) is 24.6 Å². The molecule has 6 heteroatoms. The number of amides is 2. The summed E-state index contributed by atoms with van der Waals surface area (Å²) in [4.78, 5) is 32.5. The van der Waals surface area contributed by atoms with Crippen molar-refractivity contribution >= 4 is 17.5 Å². The number of aromatic nitrogens is 2. The van der Waals surface area contributed by atoms with Gasteiger partial charge in [0.05, 0.1) is 18.1 Å². The molecule has 0 bridgehead atoms. The van der Waals surface area contributed by atoms with Crippen LogP contribution in [-0.4, -0.2) is 27.8 Å². The molecule has 1 unspecified atom stereocenters. The van der Waals surface area contributed by atoms with E-state index in [0.29, 0.717) is 17.1 Å². The first kappa shape index (κ1) is 16.6. The summed E-state index contributed by atoms with van der Waals surface area (Å²) in [6.45, 7) is 5.49. The first-order valence-corrected chi connectivity index (χ1v) is 7.49. The number of hydrogen-bond acceptors (Lipinski definition) is 4. The van der Waals surface area contributed by atoms with E-state index >= 15 is 0 Å². The average molecular weight is 312 g/mol. The van der Waals surface area contributed by atoms with Crippen LogP contribution in [0.2, 0.25) is 0 Å². The maximum absolute atomic E-state index is 12.1. The summed E-state index contributed by atoms with van der Waals surface area (Å²) in [7, 11) is 0. The van der Waals surface area contributed by atoms with Crippen molar-refractivity contribution in [3.05, 3.63) is 53.6 Å². The standard InChI is InChI=1S/C17H20N4O2/c1-4-15-18-9-14(10-19-15)21-16(22)12(3)20-17(23)13-7-5-6-11(2)8-13/h5-10,12H,4H2,1-3H3,(H,20,23)(H,21,22). The van der Waals surface area contributed by atoms with Gasteiger partial charge in [0.1, 0.15) is 11.9 Å². The summed E-state index contributed by atoms with van der Waals surface area (Å²) in [5.41, 5.74) is 2.02. The highest BCUT2D eigenvalue weighted by Gasteiger charge is 2.17. The topological polar surface area (TPSA) is 84.0 Å². The Hall–Kier alpha value is -2.76. The SMILES string of the molecule is CCc1ncc(NC(=O)C(C)NC(=O)c2cccc(C)c2)cn1. The third-order valence-electron chi connectivity index (χ3n) is 3.31. The molecule has 0 spiro atoms. The molecule has 2 amide bonds. The molecule has 6 nitrogen and oxygen atoms in total. The maximum Gasteiger partial charge on any atom is 0.251 e. The Morgan fingerprint density at radius 3 is 2.52 bits per heavy atom. The number of benzene rings is 1. The largest absolute Gasteiger partial charge is 0.341 e. The molecule has 1 heterocycles. The molecule has 0 aliphatic rings. The number of nitrogens with zero attached hydrogens (tertiary/aromatic N) is 2. The molecule has 120 valence electrons. The highest BCUT2D eigenvalue weighted by atomic mass is 16.2. The lowest BCUT2D eigenvalue weighted by Gasteiger charge is -2.14. The lowest BCUT2D eigenvalue weighted by Crippen LogP contribution is -2.41. The molecule has 0 saturated carbocycles. The highest BCUT2D eigenvalue weighted by molar-refractivity contribution is 6.00. The van der Waals surface area contributed by atoms with Crippen molar-refractivity contribution in [2.45, 2.75) is 33.2 Å². The van der Waals surface area contributed by atoms with Gasteiger partial charge in [0.25, 0.3) is 5.91 Å². The van der Waals surface area contributed by atoms with Crippen LogP contribution < -0.4 is 10.6 Å². The van der Waals surface area contributed by atoms with E-state index in [9.17, 15) is 9.59 Å². The average Bonchev–Trinajstić information content (AvgIpc) is 2.55. The monoisotopic (exact) mass is 312 g/mol. The minimum Gasteiger partial charge on any atom is -0.341 e. The number of aryl methyl sites for hydroxylation is 2. The number of rotatable bonds is 5. The van der Waals surface area contributed by atoms with Crippen LogP contribution in [0, 0.1) is 6.92 Å². The van der Waals surface area contributed by atoms with Crippen molar-refractivity contribution in [1.82, 2.24) is 15.3 Å². The third kappa shape index (κ3) is 4.60. The van der Waals surface area contributed by atoms with Gasteiger partial charge in [0.2, 0.25) is 5.91 Å². The van der Waals surface area contributed by atoms with Crippen molar-refractivity contribution in [2.24, 2.45) is 0 Å². The van der Waals surface area contributed by atoms with E-state index < -0.39 is 6.04 Å². The van der Waals surface area contributed by atoms with Gasteiger partial charge >= 0.3 is 0 Å². The zero-order chi connectivity index (χ0) is 16.8. The Labute approximate surface area is 135 Å². The Morgan fingerprint density at radius 2 is 1.91 bits per heavy atom. The van der Waals surface area contributed by atoms with Crippen molar-refractivity contribution in [1.29, 1.82) is 0 Å². The van der Waals surface area contributed by atoms with Crippen LogP contribution in [0.15, 0.2) is 36.7 Å². The van der Waals surface area contributed by atoms with E-state index in [-0.39, 0.29) is 11.8 Å². The number of carbonyl (C=O) groups is 2. The molecule has 0 radical (unpaired) electrons. The molecular weight excluding hydrogens is 292 g/mol. The molecule has 0 aliphatic carbocycles. The zero-order valence-corrected chi connectivity index (χ0v) is 13.5. The summed E-state index contributed by atoms with van der Waals surface area (Å²) in [6, 6.07) is 6.53. The van der Waals surface area contributed by atoms with E-state index in [2.05, 4.69) is 20.6 Å². The predicted molar refractivity (Wildman–Crippen MR) is 88.1 cm³/mol. The second-order valence-electron chi connectivity index (χ2n) is 5.30. The second kappa shape index (κ2) is 7.49. The van der Waals surface area contributed by atoms with Crippen LogP contribution in [0.25, 0.3) is 0 Å². The molecule has 1 aromatic carbocycles. The molecule has 2 aromatic rings. The van der Waals surface area contributed by atoms with Crippen LogP contribution in [0.1, 0.15) is 35.6 Å². The maximum atomic E-state index is 12.1. The summed E-state index contributed by atoms with van der Waals surface area (Å²) < 4.78 is 0. The van der Waals surface area contributed by atoms with Crippen molar-refractivity contribution in [3.63, 3.8) is 0 Å². The van der Waals surface area contributed by atoms with Gasteiger partial charge < -0.3 is 10.6 Å². The van der Waals surface area contributed by atoms with Crippen molar-refractivity contribution < 1.29 is 9.59 Å². The fourth-order valence-corrected chi connectivity index (χ4v) is 1.98. The van der Waals surface area contributed by atoms with E-state index in [1.54, 1.807) is 31.5 Å². The number of carbonyl (C=O) groups excluding carboxylic acids is 2. The van der Waals surface area contributed by atoms with Gasteiger partial charge in [-0.2, -0.15) is 0 Å². The van der Waals surface area contributed by atoms with E-state index in [1.807, 2.05) is 26.0 Å². The fourth-order valence-electron chi connectivity index (χ4n) is 1.98. The Balaban J connectivity index is 1.95. The summed E-state index contributed by atoms with van der Waals surface area (Å²) >= 11 is 0. The van der Waals surface area contributed by atoms with Crippen LogP contribution in [0.4, 0.5) is 5.69 Å². The second-order valence-corrected chi connectivity index (χ2v) is 5.30. The lowest BCUT2D eigenvalue weighted by molar-refractivity contribution is -0.117. The minimum absolute atomic E-state index is 0.283. The van der Waals surface area contributed by atoms with Gasteiger partial charge in [-0.3, -0.25) is 9.59 Å². The van der Waals surface area contributed by atoms with E-state index in [4.69, 9.17) is 0 Å². The predicted octanol–water partition coefficient (Wildman–Crippen LogP) is 2.10. The van der Waals surface area contributed by atoms with E-state index in [1.165, 1.54) is 0 Å². The molecule has 1 aromatic heterocycles. The zero-order valence-electron chi connectivity index (χ0n) is 13.5. The molecule has 0 saturated heterocycles. The van der Waals surface area contributed by atoms with Crippen molar-refractivity contribution in [3.8, 4) is 0 Å². The van der Waals surface area contributed by atoms with Gasteiger partial charge in [-0.25, -0.2) is 9.97 Å². The first-order chi connectivity index (χ1) is 11.0. The fraction of sp³-hybridized carbons (Fsp3) is 0.294. The first-order valence-electron chi connectivity index (χ1n) is 7.49. The summed E-state index contributed by atoms with van der Waals surface area (Å²) in [5.74, 6) is 0.108. The van der Waals surface area contributed by atoms with Crippen LogP contribution in [0.5, 0.6) is 0 Å². The molecule has 2 rings (SSSR count). The number of hydrogen-bond donors (Lipinski definition) is 2. The van der Waals surface area contributed by atoms with Crippen LogP contribution in [-0.2, 0) is 11.2 Å². The Morgan fingerprint density at radius 1 is 1.22 bits per heavy atom. The smallest absolute Gasteiger partial charge is 0.251 e. The van der Waals surface area contributed by atoms with Crippen molar-refractivity contribution in [2.75, 3.05) is 5.32 Å². The Bertz CT molecular complexity index is 698. The molecular formula is C17H20N4O2. The quantitative estimate of drug-likeness (QED) is 0.885. The molecule has 1 atom stereocenters. The lowest BCUT2D eigenvalue weighted by atomic mass is 10.1. The molecule has 2 N–H and O–H groups in total. The van der Waals surface area contributed by atoms with Gasteiger partial charge in [-0.15, -0.1) is 0 Å². The van der Waals surface area contributed by atoms with Crippen LogP contribution in [0.3, 0.4) is 0 Å². The molecule has 0 fully saturated rings. The third-order valence-corrected chi connectivity index (χ3v) is 3.31. The summed E-state index contributed by atoms with van der Waals surface area (Å²) in [6.07, 6.45) is 3.84. The van der Waals surface area contributed by atoms with Crippen LogP contribution >= 0.6 is 0 Å². The van der Waals surface area contributed by atoms with Gasteiger partial charge in [0.15, 0.2) is 0 Å². The Kier molecular flexibility index (Phi) is 5.41. The molecule has 0 aliphatic heterocycles. The number of anilines is 1. The van der Waals surface area contributed by atoms with Gasteiger partial charge in [-0.05, 0) is 26.0 Å². The highest BCUT2D eigenvalue weighted by Crippen LogP contribution is 2.06.